The van der Waals surface area contributed by atoms with Crippen LogP contribution in [0, 0.1) is 13.8 Å². The highest BCUT2D eigenvalue weighted by atomic mass is 32.2. The molecule has 0 aliphatic heterocycles. The second kappa shape index (κ2) is 5.92. The number of hydrogen-bond acceptors (Lipinski definition) is 5. The van der Waals surface area contributed by atoms with E-state index in [4.69, 9.17) is 5.73 Å². The summed E-state index contributed by atoms with van der Waals surface area (Å²) in [4.78, 5) is 10.9. The van der Waals surface area contributed by atoms with Crippen LogP contribution in [0.4, 0.5) is 11.4 Å². The van der Waals surface area contributed by atoms with Gasteiger partial charge in [-0.2, -0.15) is 0 Å². The first-order valence-electron chi connectivity index (χ1n) is 5.70. The maximum absolute atomic E-state index is 11.8. The Balaban J connectivity index is 2.84. The maximum Gasteiger partial charge on any atom is 0.306 e. The summed E-state index contributed by atoms with van der Waals surface area (Å²) in [7, 11) is -2.38. The molecule has 0 aliphatic rings. The molecule has 0 radical (unpaired) electrons. The Kier molecular flexibility index (Phi) is 4.77. The van der Waals surface area contributed by atoms with Crippen LogP contribution in [0.1, 0.15) is 17.5 Å². The SMILES string of the molecule is COC(=O)CCS(=O)(=O)Nc1ccc(C)c(N)c1C. The minimum absolute atomic E-state index is 0.188. The molecule has 0 bridgehead atoms. The molecule has 0 saturated carbocycles. The Morgan fingerprint density at radius 3 is 2.58 bits per heavy atom. The van der Waals surface area contributed by atoms with E-state index in [2.05, 4.69) is 9.46 Å². The monoisotopic (exact) mass is 286 g/mol. The first-order chi connectivity index (χ1) is 8.76. The highest BCUT2D eigenvalue weighted by Gasteiger charge is 2.15. The average molecular weight is 286 g/mol. The van der Waals surface area contributed by atoms with Gasteiger partial charge in [0.1, 0.15) is 0 Å². The lowest BCUT2D eigenvalue weighted by Crippen LogP contribution is -2.20. The number of esters is 1. The van der Waals surface area contributed by atoms with Crippen molar-refractivity contribution in [3.8, 4) is 0 Å². The van der Waals surface area contributed by atoms with Crippen LogP contribution >= 0.6 is 0 Å². The summed E-state index contributed by atoms with van der Waals surface area (Å²) in [5.74, 6) is -0.891. The van der Waals surface area contributed by atoms with Gasteiger partial charge in [-0.05, 0) is 31.0 Å². The van der Waals surface area contributed by atoms with Crippen molar-refractivity contribution < 1.29 is 17.9 Å². The number of sulfonamides is 1. The summed E-state index contributed by atoms with van der Waals surface area (Å²) in [6, 6.07) is 3.39. The fourth-order valence-corrected chi connectivity index (χ4v) is 2.61. The standard InChI is InChI=1S/C12H18N2O4S/c1-8-4-5-10(9(2)12(8)13)14-19(16,17)7-6-11(15)18-3/h4-5,14H,6-7,13H2,1-3H3. The van der Waals surface area contributed by atoms with E-state index in [1.165, 1.54) is 7.11 Å². The van der Waals surface area contributed by atoms with Gasteiger partial charge in [-0.15, -0.1) is 0 Å². The lowest BCUT2D eigenvalue weighted by molar-refractivity contribution is -0.140. The van der Waals surface area contributed by atoms with Gasteiger partial charge in [0.2, 0.25) is 10.0 Å². The number of hydrogen-bond donors (Lipinski definition) is 2. The molecule has 0 aromatic heterocycles. The summed E-state index contributed by atoms with van der Waals surface area (Å²) >= 11 is 0. The molecular weight excluding hydrogens is 268 g/mol. The molecule has 1 aromatic carbocycles. The maximum atomic E-state index is 11.8. The molecule has 0 aliphatic carbocycles. The third kappa shape index (κ3) is 4.13. The van der Waals surface area contributed by atoms with Crippen molar-refractivity contribution in [3.05, 3.63) is 23.3 Å². The highest BCUT2D eigenvalue weighted by molar-refractivity contribution is 7.92. The highest BCUT2D eigenvalue weighted by Crippen LogP contribution is 2.25. The number of anilines is 2. The van der Waals surface area contributed by atoms with Gasteiger partial charge in [0.25, 0.3) is 0 Å². The molecule has 106 valence electrons. The van der Waals surface area contributed by atoms with Gasteiger partial charge >= 0.3 is 5.97 Å². The molecular formula is C12H18N2O4S. The predicted octanol–water partition coefficient (Wildman–Crippen LogP) is 1.19. The van der Waals surface area contributed by atoms with Crippen LogP contribution in [-0.2, 0) is 19.6 Å². The van der Waals surface area contributed by atoms with Crippen molar-refractivity contribution in [1.29, 1.82) is 0 Å². The van der Waals surface area contributed by atoms with E-state index in [1.54, 1.807) is 19.1 Å². The van der Waals surface area contributed by atoms with Crippen LogP contribution < -0.4 is 10.5 Å². The zero-order chi connectivity index (χ0) is 14.6. The summed E-state index contributed by atoms with van der Waals surface area (Å²) in [6.07, 6.45) is -0.188. The van der Waals surface area contributed by atoms with E-state index in [0.717, 1.165) is 5.56 Å². The van der Waals surface area contributed by atoms with Crippen LogP contribution in [0.2, 0.25) is 0 Å². The summed E-state index contributed by atoms with van der Waals surface area (Å²) in [5, 5.41) is 0. The predicted molar refractivity (Wildman–Crippen MR) is 74.4 cm³/mol. The molecule has 6 nitrogen and oxygen atoms in total. The van der Waals surface area contributed by atoms with E-state index >= 15 is 0 Å². The van der Waals surface area contributed by atoms with Crippen LogP contribution in [0.3, 0.4) is 0 Å². The lowest BCUT2D eigenvalue weighted by Gasteiger charge is -2.13. The molecule has 0 heterocycles. The Hall–Kier alpha value is -1.76. The number of nitrogens with two attached hydrogens (primary N) is 1. The van der Waals surface area contributed by atoms with E-state index in [1.807, 2.05) is 6.92 Å². The Labute approximate surface area is 113 Å². The summed E-state index contributed by atoms with van der Waals surface area (Å²) in [6.45, 7) is 3.58. The van der Waals surface area contributed by atoms with E-state index in [9.17, 15) is 13.2 Å². The molecule has 0 fully saturated rings. The van der Waals surface area contributed by atoms with E-state index < -0.39 is 16.0 Å². The zero-order valence-corrected chi connectivity index (χ0v) is 12.0. The Morgan fingerprint density at radius 1 is 1.37 bits per heavy atom. The lowest BCUT2D eigenvalue weighted by atomic mass is 10.1. The first-order valence-corrected chi connectivity index (χ1v) is 7.35. The zero-order valence-electron chi connectivity index (χ0n) is 11.2. The van der Waals surface area contributed by atoms with Crippen molar-refractivity contribution in [1.82, 2.24) is 0 Å². The van der Waals surface area contributed by atoms with Gasteiger partial charge in [-0.1, -0.05) is 6.07 Å². The number of benzene rings is 1. The third-order valence-corrected chi connectivity index (χ3v) is 4.07. The first kappa shape index (κ1) is 15.3. The van der Waals surface area contributed by atoms with E-state index in [-0.39, 0.29) is 12.2 Å². The van der Waals surface area contributed by atoms with Gasteiger partial charge in [0.15, 0.2) is 0 Å². The van der Waals surface area contributed by atoms with Crippen molar-refractivity contribution in [2.45, 2.75) is 20.3 Å². The number of aryl methyl sites for hydroxylation is 1. The van der Waals surface area contributed by atoms with Gasteiger partial charge < -0.3 is 10.5 Å². The average Bonchev–Trinajstić information content (AvgIpc) is 2.37. The van der Waals surface area contributed by atoms with Crippen LogP contribution in [0.5, 0.6) is 0 Å². The topological polar surface area (TPSA) is 98.5 Å². The van der Waals surface area contributed by atoms with Crippen molar-refractivity contribution in [3.63, 3.8) is 0 Å². The Morgan fingerprint density at radius 2 is 2.00 bits per heavy atom. The number of methoxy groups -OCH3 is 1. The second-order valence-corrected chi connectivity index (χ2v) is 6.06. The minimum Gasteiger partial charge on any atom is -0.469 e. The molecule has 19 heavy (non-hydrogen) atoms. The minimum atomic E-state index is -3.60. The van der Waals surface area contributed by atoms with Gasteiger partial charge in [-0.3, -0.25) is 9.52 Å². The number of nitrogen functional groups attached to an aromatic ring is 1. The molecule has 7 heteroatoms. The van der Waals surface area contributed by atoms with E-state index in [0.29, 0.717) is 16.9 Å². The molecule has 1 rings (SSSR count). The number of nitrogens with one attached hydrogen (secondary N) is 1. The smallest absolute Gasteiger partial charge is 0.306 e. The van der Waals surface area contributed by atoms with Crippen molar-refractivity contribution in [2.24, 2.45) is 0 Å². The fraction of sp³-hybridized carbons (Fsp3) is 0.417. The molecule has 0 spiro atoms. The molecule has 0 atom stereocenters. The van der Waals surface area contributed by atoms with Crippen LogP contribution in [0.15, 0.2) is 12.1 Å². The molecule has 0 amide bonds. The van der Waals surface area contributed by atoms with Crippen molar-refractivity contribution >= 4 is 27.4 Å². The summed E-state index contributed by atoms with van der Waals surface area (Å²) in [5.41, 5.74) is 8.36. The Bertz CT molecular complexity index is 582. The quantitative estimate of drug-likeness (QED) is 0.626. The molecule has 3 N–H and O–H groups in total. The second-order valence-electron chi connectivity index (χ2n) is 4.22. The van der Waals surface area contributed by atoms with Crippen LogP contribution in [0.25, 0.3) is 0 Å². The van der Waals surface area contributed by atoms with Gasteiger partial charge in [0.05, 0.1) is 25.0 Å². The molecule has 1 aromatic rings. The summed E-state index contributed by atoms with van der Waals surface area (Å²) < 4.78 is 30.4. The molecule has 0 saturated heterocycles. The van der Waals surface area contributed by atoms with Gasteiger partial charge in [-0.25, -0.2) is 8.42 Å². The van der Waals surface area contributed by atoms with Crippen molar-refractivity contribution in [2.75, 3.05) is 23.3 Å². The third-order valence-electron chi connectivity index (χ3n) is 2.80. The largest absolute Gasteiger partial charge is 0.469 e. The number of carbonyl (C=O) groups is 1. The number of rotatable bonds is 5. The van der Waals surface area contributed by atoms with Gasteiger partial charge in [0, 0.05) is 5.69 Å². The number of carbonyl (C=O) groups excluding carboxylic acids is 1. The van der Waals surface area contributed by atoms with Crippen LogP contribution in [-0.4, -0.2) is 27.2 Å². The normalized spacial score (nSPS) is 11.1. The fourth-order valence-electron chi connectivity index (χ4n) is 1.51. The number of ether oxygens (including phenoxy) is 1. The molecule has 0 unspecified atom stereocenters.